The van der Waals surface area contributed by atoms with Gasteiger partial charge in [-0.15, -0.1) is 0 Å². The molecule has 1 aromatic carbocycles. The number of carbonyl (C=O) groups is 1. The number of benzene rings is 1. The summed E-state index contributed by atoms with van der Waals surface area (Å²) in [7, 11) is -4.69. The van der Waals surface area contributed by atoms with E-state index in [1.54, 1.807) is 32.0 Å². The molecule has 39 heavy (non-hydrogen) atoms. The number of aromatic nitrogens is 3. The fourth-order valence-electron chi connectivity index (χ4n) is 3.37. The smallest absolute Gasteiger partial charge is 0.461 e. The minimum Gasteiger partial charge on any atom is -0.461 e. The zero-order valence-electron chi connectivity index (χ0n) is 21.0. The lowest BCUT2D eigenvalue weighted by atomic mass is 9.97. The molecule has 6 atom stereocenters. The van der Waals surface area contributed by atoms with Crippen molar-refractivity contribution in [1.29, 1.82) is 0 Å². The molecule has 0 radical (unpaired) electrons. The van der Waals surface area contributed by atoms with E-state index < -0.39 is 74.6 Å². The molecule has 0 aliphatic carbocycles. The van der Waals surface area contributed by atoms with E-state index in [9.17, 15) is 28.4 Å². The Bertz CT molecular complexity index is 1380. The van der Waals surface area contributed by atoms with E-state index in [1.807, 2.05) is 16.8 Å². The standard InChI is InChI=1S/C23H26F2N3O10P/c1-14(2)35-20(31)15(3)37-39(33,38-16-8-5-4-6-9-16)34-13-17-19(30)23(25,10-7-11-24)21(36-17)28-22(32)27-18(29)12-26-28/h4-6,8-9,12,14-15,17,19,21,30H,11,13H2,1-3H3,(H,27,29,32)/t15-,17?,19?,21?,23?,39-/m0/s1. The molecular formula is C23H26F2N3O10P. The molecule has 1 saturated heterocycles. The van der Waals surface area contributed by atoms with Gasteiger partial charge in [-0.05, 0) is 32.9 Å². The minimum absolute atomic E-state index is 0.0219. The van der Waals surface area contributed by atoms with Crippen molar-refractivity contribution in [3.63, 3.8) is 0 Å². The Hall–Kier alpha value is -3.41. The van der Waals surface area contributed by atoms with Crippen LogP contribution in [0, 0.1) is 11.8 Å². The predicted molar refractivity (Wildman–Crippen MR) is 129 cm³/mol. The first-order valence-electron chi connectivity index (χ1n) is 11.5. The van der Waals surface area contributed by atoms with Crippen molar-refractivity contribution >= 4 is 13.8 Å². The topological polar surface area (TPSA) is 168 Å². The maximum Gasteiger partial charge on any atom is 0.530 e. The fourth-order valence-corrected chi connectivity index (χ4v) is 4.71. The summed E-state index contributed by atoms with van der Waals surface area (Å²) in [5.41, 5.74) is -5.21. The monoisotopic (exact) mass is 573 g/mol. The van der Waals surface area contributed by atoms with E-state index in [0.29, 0.717) is 10.9 Å². The Labute approximate surface area is 220 Å². The first kappa shape index (κ1) is 30.1. The number of hydrogen-bond donors (Lipinski definition) is 2. The van der Waals surface area contributed by atoms with Gasteiger partial charge in [-0.3, -0.25) is 18.8 Å². The average molecular weight is 573 g/mol. The third kappa shape index (κ3) is 7.37. The summed E-state index contributed by atoms with van der Waals surface area (Å²) in [6.07, 6.45) is -7.26. The van der Waals surface area contributed by atoms with Gasteiger partial charge in [0, 0.05) is 0 Å². The van der Waals surface area contributed by atoms with Crippen LogP contribution in [0.4, 0.5) is 8.78 Å². The first-order valence-corrected chi connectivity index (χ1v) is 13.0. The van der Waals surface area contributed by atoms with Gasteiger partial charge < -0.3 is 19.1 Å². The highest BCUT2D eigenvalue weighted by Crippen LogP contribution is 2.52. The molecule has 1 fully saturated rings. The van der Waals surface area contributed by atoms with Gasteiger partial charge in [0.25, 0.3) is 5.56 Å². The number of carbonyl (C=O) groups excluding carboxylic acids is 1. The van der Waals surface area contributed by atoms with E-state index in [2.05, 4.69) is 5.10 Å². The summed E-state index contributed by atoms with van der Waals surface area (Å²) < 4.78 is 69.0. The summed E-state index contributed by atoms with van der Waals surface area (Å²) in [5, 5.41) is 14.2. The zero-order chi connectivity index (χ0) is 28.8. The normalized spacial score (nSPS) is 24.8. The number of hydrogen-bond acceptors (Lipinski definition) is 11. The van der Waals surface area contributed by atoms with Crippen LogP contribution >= 0.6 is 7.82 Å². The van der Waals surface area contributed by atoms with E-state index in [-0.39, 0.29) is 5.75 Å². The lowest BCUT2D eigenvalue weighted by molar-refractivity contribution is -0.156. The third-order valence-electron chi connectivity index (χ3n) is 5.08. The minimum atomic E-state index is -4.69. The molecule has 2 N–H and O–H groups in total. The highest BCUT2D eigenvalue weighted by Gasteiger charge is 2.59. The molecule has 212 valence electrons. The van der Waals surface area contributed by atoms with Gasteiger partial charge in [0.1, 0.15) is 30.8 Å². The van der Waals surface area contributed by atoms with Crippen molar-refractivity contribution in [1.82, 2.24) is 14.8 Å². The van der Waals surface area contributed by atoms with Crippen LogP contribution in [0.1, 0.15) is 27.0 Å². The SMILES string of the molecule is CC(C)OC(=O)[C@H](C)O[P@](=O)(OCC1OC(n2ncc(=O)[nH]c2=O)C(F)(C#CCF)C1O)Oc1ccccc1. The molecule has 0 saturated carbocycles. The molecule has 0 amide bonds. The number of aliphatic hydroxyl groups excluding tert-OH is 1. The predicted octanol–water partition coefficient (Wildman–Crippen LogP) is 1.43. The van der Waals surface area contributed by atoms with Crippen molar-refractivity contribution in [2.24, 2.45) is 0 Å². The quantitative estimate of drug-likeness (QED) is 0.240. The van der Waals surface area contributed by atoms with Crippen molar-refractivity contribution in [3.05, 3.63) is 57.4 Å². The molecule has 1 aliphatic rings. The Morgan fingerprint density at radius 1 is 1.31 bits per heavy atom. The number of phosphoric ester groups is 1. The molecule has 4 unspecified atom stereocenters. The molecule has 1 aromatic heterocycles. The second-order valence-corrected chi connectivity index (χ2v) is 9.99. The number of ether oxygens (including phenoxy) is 2. The van der Waals surface area contributed by atoms with Gasteiger partial charge in [-0.2, -0.15) is 9.78 Å². The molecule has 1 aliphatic heterocycles. The number of esters is 1. The molecule has 2 aromatic rings. The number of nitrogens with one attached hydrogen (secondary N) is 1. The first-order chi connectivity index (χ1) is 18.4. The van der Waals surface area contributed by atoms with Crippen LogP contribution in [0.25, 0.3) is 0 Å². The van der Waals surface area contributed by atoms with Gasteiger partial charge in [0.2, 0.25) is 11.9 Å². The van der Waals surface area contributed by atoms with E-state index in [1.165, 1.54) is 19.1 Å². The molecule has 13 nitrogen and oxygen atoms in total. The van der Waals surface area contributed by atoms with Crippen LogP contribution in [0.3, 0.4) is 0 Å². The number of rotatable bonds is 10. The van der Waals surface area contributed by atoms with Crippen LogP contribution < -0.4 is 15.8 Å². The van der Waals surface area contributed by atoms with Gasteiger partial charge in [0.05, 0.1) is 12.7 Å². The number of halogens is 2. The number of nitrogens with zero attached hydrogens (tertiary/aromatic N) is 2. The number of alkyl halides is 2. The van der Waals surface area contributed by atoms with Crippen LogP contribution in [-0.4, -0.2) is 69.2 Å². The Kier molecular flexibility index (Phi) is 9.76. The van der Waals surface area contributed by atoms with Crippen LogP contribution in [0.15, 0.2) is 46.1 Å². The van der Waals surface area contributed by atoms with Crippen molar-refractivity contribution < 1.29 is 46.3 Å². The molecule has 3 rings (SSSR count). The number of para-hydroxylation sites is 1. The summed E-state index contributed by atoms with van der Waals surface area (Å²) >= 11 is 0. The van der Waals surface area contributed by atoms with Crippen molar-refractivity contribution in [2.75, 3.05) is 13.3 Å². The highest BCUT2D eigenvalue weighted by molar-refractivity contribution is 7.49. The Balaban J connectivity index is 1.88. The van der Waals surface area contributed by atoms with Gasteiger partial charge in [0.15, 0.2) is 6.10 Å². The van der Waals surface area contributed by atoms with E-state index >= 15 is 4.39 Å². The molecule has 0 bridgehead atoms. The average Bonchev–Trinajstić information content (AvgIpc) is 3.11. The van der Waals surface area contributed by atoms with E-state index in [0.717, 1.165) is 0 Å². The van der Waals surface area contributed by atoms with Crippen molar-refractivity contribution in [2.45, 2.75) is 57.1 Å². The van der Waals surface area contributed by atoms with E-state index in [4.69, 9.17) is 23.0 Å². The summed E-state index contributed by atoms with van der Waals surface area (Å²) in [5.74, 6) is 2.84. The van der Waals surface area contributed by atoms with Gasteiger partial charge >= 0.3 is 19.5 Å². The second-order valence-electron chi connectivity index (χ2n) is 8.44. The maximum atomic E-state index is 15.9. The molecular weight excluding hydrogens is 547 g/mol. The van der Waals surface area contributed by atoms with Crippen molar-refractivity contribution in [3.8, 4) is 17.6 Å². The number of H-pyrrole nitrogens is 1. The molecule has 16 heteroatoms. The molecule has 0 spiro atoms. The maximum absolute atomic E-state index is 15.9. The fraction of sp³-hybridized carbons (Fsp3) is 0.478. The molecule has 2 heterocycles. The van der Waals surface area contributed by atoms with Crippen LogP contribution in [-0.2, 0) is 27.9 Å². The van der Waals surface area contributed by atoms with Crippen LogP contribution in [0.5, 0.6) is 5.75 Å². The number of aliphatic hydroxyl groups is 1. The summed E-state index contributed by atoms with van der Waals surface area (Å²) in [6.45, 7) is 2.24. The lowest BCUT2D eigenvalue weighted by Gasteiger charge is -2.24. The number of aromatic amines is 1. The highest BCUT2D eigenvalue weighted by atomic mass is 31.2. The Morgan fingerprint density at radius 3 is 2.62 bits per heavy atom. The Morgan fingerprint density at radius 2 is 2.00 bits per heavy atom. The number of phosphoric acid groups is 1. The lowest BCUT2D eigenvalue weighted by Crippen LogP contribution is -2.46. The van der Waals surface area contributed by atoms with Crippen LogP contribution in [0.2, 0.25) is 0 Å². The zero-order valence-corrected chi connectivity index (χ0v) is 21.9. The van der Waals surface area contributed by atoms with Gasteiger partial charge in [-0.25, -0.2) is 22.9 Å². The summed E-state index contributed by atoms with van der Waals surface area (Å²) in [6, 6.07) is 7.60. The largest absolute Gasteiger partial charge is 0.530 e. The third-order valence-corrected chi connectivity index (χ3v) is 6.55. The summed E-state index contributed by atoms with van der Waals surface area (Å²) in [4.78, 5) is 37.7. The van der Waals surface area contributed by atoms with Gasteiger partial charge in [-0.1, -0.05) is 30.0 Å². The second kappa shape index (κ2) is 12.6.